The zero-order valence-corrected chi connectivity index (χ0v) is 13.9. The van der Waals surface area contributed by atoms with E-state index >= 15 is 0 Å². The van der Waals surface area contributed by atoms with Crippen molar-refractivity contribution in [2.45, 2.75) is 58.9 Å². The number of aromatic nitrogens is 3. The molecular weight excluding hydrogens is 272 g/mol. The molecule has 116 valence electrons. The second kappa shape index (κ2) is 6.74. The molecule has 1 aromatic heterocycles. The smallest absolute Gasteiger partial charge is 0.190 e. The summed E-state index contributed by atoms with van der Waals surface area (Å²) in [4.78, 5) is 0. The molecular formula is C18H24N4. The molecule has 0 fully saturated rings. The van der Waals surface area contributed by atoms with E-state index in [4.69, 9.17) is 0 Å². The van der Waals surface area contributed by atoms with Gasteiger partial charge in [-0.3, -0.25) is 0 Å². The SMILES string of the molecule is CCCCCn1nnc(C#N)c1-c1ccc(C(C)(C)C)cc1. The summed E-state index contributed by atoms with van der Waals surface area (Å²) in [6, 6.07) is 10.5. The Morgan fingerprint density at radius 1 is 1.14 bits per heavy atom. The molecule has 0 atom stereocenters. The molecule has 0 unspecified atom stereocenters. The van der Waals surface area contributed by atoms with Crippen LogP contribution in [0.3, 0.4) is 0 Å². The van der Waals surface area contributed by atoms with Crippen LogP contribution in [0.1, 0.15) is 58.2 Å². The van der Waals surface area contributed by atoms with Crippen molar-refractivity contribution in [3.05, 3.63) is 35.5 Å². The molecule has 22 heavy (non-hydrogen) atoms. The highest BCUT2D eigenvalue weighted by Crippen LogP contribution is 2.27. The van der Waals surface area contributed by atoms with Gasteiger partial charge in [-0.25, -0.2) is 4.68 Å². The minimum absolute atomic E-state index is 0.121. The molecule has 0 N–H and O–H groups in total. The van der Waals surface area contributed by atoms with E-state index in [9.17, 15) is 5.26 Å². The van der Waals surface area contributed by atoms with Gasteiger partial charge in [0.15, 0.2) is 5.69 Å². The van der Waals surface area contributed by atoms with E-state index in [1.807, 2.05) is 4.68 Å². The molecule has 0 aliphatic carbocycles. The topological polar surface area (TPSA) is 54.5 Å². The van der Waals surface area contributed by atoms with Crippen LogP contribution in [0, 0.1) is 11.3 Å². The quantitative estimate of drug-likeness (QED) is 0.773. The van der Waals surface area contributed by atoms with Crippen molar-refractivity contribution in [1.29, 1.82) is 5.26 Å². The van der Waals surface area contributed by atoms with Gasteiger partial charge in [0.25, 0.3) is 0 Å². The van der Waals surface area contributed by atoms with Crippen molar-refractivity contribution in [3.63, 3.8) is 0 Å². The molecule has 0 bridgehead atoms. The van der Waals surface area contributed by atoms with E-state index < -0.39 is 0 Å². The number of aryl methyl sites for hydroxylation is 1. The molecule has 0 amide bonds. The average molecular weight is 296 g/mol. The molecule has 4 nitrogen and oxygen atoms in total. The van der Waals surface area contributed by atoms with Crippen molar-refractivity contribution in [3.8, 4) is 17.3 Å². The van der Waals surface area contributed by atoms with E-state index in [-0.39, 0.29) is 5.41 Å². The number of nitrogens with zero attached hydrogens (tertiary/aromatic N) is 4. The van der Waals surface area contributed by atoms with Crippen LogP contribution in [0.2, 0.25) is 0 Å². The van der Waals surface area contributed by atoms with Crippen molar-refractivity contribution < 1.29 is 0 Å². The van der Waals surface area contributed by atoms with Gasteiger partial charge in [0.1, 0.15) is 11.8 Å². The third kappa shape index (κ3) is 3.54. The molecule has 1 heterocycles. The van der Waals surface area contributed by atoms with Crippen molar-refractivity contribution in [1.82, 2.24) is 15.0 Å². The monoisotopic (exact) mass is 296 g/mol. The number of hydrogen-bond acceptors (Lipinski definition) is 3. The lowest BCUT2D eigenvalue weighted by atomic mass is 9.86. The lowest BCUT2D eigenvalue weighted by molar-refractivity contribution is 0.541. The molecule has 0 saturated carbocycles. The fraction of sp³-hybridized carbons (Fsp3) is 0.500. The Labute approximate surface area is 132 Å². The highest BCUT2D eigenvalue weighted by Gasteiger charge is 2.17. The average Bonchev–Trinajstić information content (AvgIpc) is 2.90. The molecule has 0 spiro atoms. The summed E-state index contributed by atoms with van der Waals surface area (Å²) >= 11 is 0. The molecule has 4 heteroatoms. The Hall–Kier alpha value is -2.15. The first-order chi connectivity index (χ1) is 10.5. The van der Waals surface area contributed by atoms with Gasteiger partial charge in [-0.15, -0.1) is 5.10 Å². The third-order valence-electron chi connectivity index (χ3n) is 3.84. The van der Waals surface area contributed by atoms with Crippen molar-refractivity contribution in [2.24, 2.45) is 0 Å². The first-order valence-corrected chi connectivity index (χ1v) is 7.92. The van der Waals surface area contributed by atoms with Gasteiger partial charge >= 0.3 is 0 Å². The first-order valence-electron chi connectivity index (χ1n) is 7.92. The van der Waals surface area contributed by atoms with Crippen LogP contribution in [0.25, 0.3) is 11.3 Å². The zero-order chi connectivity index (χ0) is 16.2. The Bertz CT molecular complexity index is 654. The van der Waals surface area contributed by atoms with Gasteiger partial charge in [0, 0.05) is 12.1 Å². The van der Waals surface area contributed by atoms with E-state index in [2.05, 4.69) is 68.3 Å². The van der Waals surface area contributed by atoms with Crippen molar-refractivity contribution >= 4 is 0 Å². The minimum atomic E-state index is 0.121. The molecule has 2 aromatic rings. The zero-order valence-electron chi connectivity index (χ0n) is 13.9. The third-order valence-corrected chi connectivity index (χ3v) is 3.84. The maximum Gasteiger partial charge on any atom is 0.190 e. The van der Waals surface area contributed by atoms with Gasteiger partial charge in [-0.2, -0.15) is 5.26 Å². The van der Waals surface area contributed by atoms with Gasteiger partial charge in [0.2, 0.25) is 0 Å². The van der Waals surface area contributed by atoms with Crippen LogP contribution >= 0.6 is 0 Å². The molecule has 0 saturated heterocycles. The van der Waals surface area contributed by atoms with E-state index in [1.54, 1.807) is 0 Å². The lowest BCUT2D eigenvalue weighted by Crippen LogP contribution is -2.10. The van der Waals surface area contributed by atoms with Crippen LogP contribution < -0.4 is 0 Å². The summed E-state index contributed by atoms with van der Waals surface area (Å²) in [5.41, 5.74) is 3.64. The number of unbranched alkanes of at least 4 members (excludes halogenated alkanes) is 2. The Balaban J connectivity index is 2.34. The van der Waals surface area contributed by atoms with Crippen LogP contribution in [-0.4, -0.2) is 15.0 Å². The maximum absolute atomic E-state index is 9.28. The molecule has 2 rings (SSSR count). The standard InChI is InChI=1S/C18H24N4/c1-5-6-7-12-22-17(16(13-19)20-21-22)14-8-10-15(11-9-14)18(2,3)4/h8-11H,5-7,12H2,1-4H3. The highest BCUT2D eigenvalue weighted by atomic mass is 15.4. The van der Waals surface area contributed by atoms with Gasteiger partial charge in [0.05, 0.1) is 0 Å². The fourth-order valence-corrected chi connectivity index (χ4v) is 2.47. The number of hydrogen-bond donors (Lipinski definition) is 0. The predicted molar refractivity (Wildman–Crippen MR) is 88.4 cm³/mol. The van der Waals surface area contributed by atoms with Crippen LogP contribution in [0.4, 0.5) is 0 Å². The lowest BCUT2D eigenvalue weighted by Gasteiger charge is -2.19. The molecule has 1 aromatic carbocycles. The fourth-order valence-electron chi connectivity index (χ4n) is 2.47. The summed E-state index contributed by atoms with van der Waals surface area (Å²) in [7, 11) is 0. The second-order valence-corrected chi connectivity index (χ2v) is 6.66. The molecule has 0 aliphatic heterocycles. The van der Waals surface area contributed by atoms with Gasteiger partial charge < -0.3 is 0 Å². The minimum Gasteiger partial charge on any atom is -0.243 e. The predicted octanol–water partition coefficient (Wildman–Crippen LogP) is 4.30. The maximum atomic E-state index is 9.28. The van der Waals surface area contributed by atoms with Crippen LogP contribution in [-0.2, 0) is 12.0 Å². The highest BCUT2D eigenvalue weighted by molar-refractivity contribution is 5.65. The Morgan fingerprint density at radius 3 is 2.36 bits per heavy atom. The summed E-state index contributed by atoms with van der Waals surface area (Å²) in [5.74, 6) is 0. The van der Waals surface area contributed by atoms with E-state index in [0.717, 1.165) is 37.1 Å². The number of nitriles is 1. The number of rotatable bonds is 5. The van der Waals surface area contributed by atoms with E-state index in [1.165, 1.54) is 5.56 Å². The summed E-state index contributed by atoms with van der Waals surface area (Å²) in [6.07, 6.45) is 3.37. The molecule has 0 radical (unpaired) electrons. The Morgan fingerprint density at radius 2 is 1.82 bits per heavy atom. The summed E-state index contributed by atoms with van der Waals surface area (Å²) in [5, 5.41) is 17.4. The van der Waals surface area contributed by atoms with Gasteiger partial charge in [-0.05, 0) is 17.4 Å². The molecule has 0 aliphatic rings. The number of benzene rings is 1. The van der Waals surface area contributed by atoms with Crippen molar-refractivity contribution in [2.75, 3.05) is 0 Å². The second-order valence-electron chi connectivity index (χ2n) is 6.66. The normalized spacial score (nSPS) is 11.4. The van der Waals surface area contributed by atoms with E-state index in [0.29, 0.717) is 5.69 Å². The summed E-state index contributed by atoms with van der Waals surface area (Å²) < 4.78 is 1.86. The largest absolute Gasteiger partial charge is 0.243 e. The first kappa shape index (κ1) is 16.2. The Kier molecular flexibility index (Phi) is 4.97. The van der Waals surface area contributed by atoms with Gasteiger partial charge in [-0.1, -0.05) is 70.0 Å². The summed E-state index contributed by atoms with van der Waals surface area (Å²) in [6.45, 7) is 9.56. The van der Waals surface area contributed by atoms with Crippen LogP contribution in [0.5, 0.6) is 0 Å². The van der Waals surface area contributed by atoms with Crippen LogP contribution in [0.15, 0.2) is 24.3 Å².